The number of likely N-dealkylation sites (N-methyl/N-ethyl adjacent to an activating group) is 2. The minimum absolute atomic E-state index is 0.00419. The number of aliphatic hydroxyl groups is 1. The van der Waals surface area contributed by atoms with E-state index in [1.54, 1.807) is 38.4 Å². The van der Waals surface area contributed by atoms with Gasteiger partial charge in [-0.1, -0.05) is 18.2 Å². The fraction of sp³-hybridized carbons (Fsp3) is 0.385. The fourth-order valence-corrected chi connectivity index (χ4v) is 1.47. The van der Waals surface area contributed by atoms with Crippen molar-refractivity contribution in [3.63, 3.8) is 0 Å². The summed E-state index contributed by atoms with van der Waals surface area (Å²) >= 11 is 0. The summed E-state index contributed by atoms with van der Waals surface area (Å²) < 4.78 is 0. The second-order valence-electron chi connectivity index (χ2n) is 4.07. The largest absolute Gasteiger partial charge is 0.395 e. The Kier molecular flexibility index (Phi) is 5.32. The predicted octanol–water partition coefficient (Wildman–Crippen LogP) is 0.209. The number of amides is 2. The monoisotopic (exact) mass is 250 g/mol. The SMILES string of the molecule is CN(CCO)C(=O)CN(C)C(=O)c1ccccc1. The molecule has 0 atom stereocenters. The minimum atomic E-state index is -0.198. The molecule has 98 valence electrons. The molecular formula is C13H18N2O3. The van der Waals surface area contributed by atoms with Gasteiger partial charge in [-0.25, -0.2) is 0 Å². The van der Waals surface area contributed by atoms with Crippen molar-refractivity contribution < 1.29 is 14.7 Å². The Hall–Kier alpha value is -1.88. The van der Waals surface area contributed by atoms with Gasteiger partial charge in [0.1, 0.15) is 0 Å². The molecule has 2 amide bonds. The maximum Gasteiger partial charge on any atom is 0.254 e. The lowest BCUT2D eigenvalue weighted by molar-refractivity contribution is -0.130. The van der Waals surface area contributed by atoms with Gasteiger partial charge in [0, 0.05) is 26.2 Å². The van der Waals surface area contributed by atoms with E-state index in [1.807, 2.05) is 6.07 Å². The smallest absolute Gasteiger partial charge is 0.254 e. The first kappa shape index (κ1) is 14.2. The molecule has 0 aliphatic carbocycles. The van der Waals surface area contributed by atoms with Gasteiger partial charge < -0.3 is 14.9 Å². The van der Waals surface area contributed by atoms with Gasteiger partial charge in [0.2, 0.25) is 5.91 Å². The average molecular weight is 250 g/mol. The number of carbonyl (C=O) groups is 2. The highest BCUT2D eigenvalue weighted by Gasteiger charge is 2.16. The molecule has 0 radical (unpaired) electrons. The molecule has 0 unspecified atom stereocenters. The first-order valence-corrected chi connectivity index (χ1v) is 5.71. The third-order valence-corrected chi connectivity index (χ3v) is 2.60. The molecule has 1 aromatic rings. The Balaban J connectivity index is 2.58. The zero-order valence-corrected chi connectivity index (χ0v) is 10.7. The lowest BCUT2D eigenvalue weighted by atomic mass is 10.2. The Morgan fingerprint density at radius 1 is 1.11 bits per heavy atom. The van der Waals surface area contributed by atoms with E-state index < -0.39 is 0 Å². The van der Waals surface area contributed by atoms with Gasteiger partial charge in [0.15, 0.2) is 0 Å². The number of hydrogen-bond donors (Lipinski definition) is 1. The molecule has 18 heavy (non-hydrogen) atoms. The molecular weight excluding hydrogens is 232 g/mol. The van der Waals surface area contributed by atoms with E-state index >= 15 is 0 Å². The number of benzene rings is 1. The zero-order chi connectivity index (χ0) is 13.5. The highest BCUT2D eigenvalue weighted by atomic mass is 16.3. The maximum atomic E-state index is 12.0. The Morgan fingerprint density at radius 3 is 2.28 bits per heavy atom. The van der Waals surface area contributed by atoms with Crippen LogP contribution in [0.5, 0.6) is 0 Å². The molecule has 0 heterocycles. The molecule has 5 heteroatoms. The molecule has 0 fully saturated rings. The molecule has 0 saturated carbocycles. The first-order valence-electron chi connectivity index (χ1n) is 5.71. The third-order valence-electron chi connectivity index (χ3n) is 2.60. The van der Waals surface area contributed by atoms with Crippen LogP contribution in [-0.4, -0.2) is 60.5 Å². The van der Waals surface area contributed by atoms with Gasteiger partial charge in [0.25, 0.3) is 5.91 Å². The average Bonchev–Trinajstić information content (AvgIpc) is 2.39. The number of rotatable bonds is 5. The van der Waals surface area contributed by atoms with Crippen LogP contribution in [0, 0.1) is 0 Å². The standard InChI is InChI=1S/C13H18N2O3/c1-14(8-9-16)12(17)10-15(2)13(18)11-6-4-3-5-7-11/h3-7,16H,8-10H2,1-2H3. The number of carbonyl (C=O) groups excluding carboxylic acids is 2. The molecule has 0 aliphatic heterocycles. The molecule has 1 N–H and O–H groups in total. The lowest BCUT2D eigenvalue weighted by Gasteiger charge is -2.21. The van der Waals surface area contributed by atoms with Crippen LogP contribution in [0.1, 0.15) is 10.4 Å². The Morgan fingerprint density at radius 2 is 1.72 bits per heavy atom. The van der Waals surface area contributed by atoms with E-state index in [1.165, 1.54) is 9.80 Å². The third kappa shape index (κ3) is 3.85. The molecule has 0 saturated heterocycles. The van der Waals surface area contributed by atoms with E-state index in [0.29, 0.717) is 5.56 Å². The van der Waals surface area contributed by atoms with Gasteiger partial charge in [-0.3, -0.25) is 9.59 Å². The summed E-state index contributed by atoms with van der Waals surface area (Å²) in [5, 5.41) is 8.73. The van der Waals surface area contributed by atoms with Crippen molar-refractivity contribution in [2.45, 2.75) is 0 Å². The second-order valence-corrected chi connectivity index (χ2v) is 4.07. The van der Waals surface area contributed by atoms with Gasteiger partial charge in [-0.05, 0) is 12.1 Å². The van der Waals surface area contributed by atoms with E-state index in [2.05, 4.69) is 0 Å². The van der Waals surface area contributed by atoms with Crippen molar-refractivity contribution in [1.29, 1.82) is 0 Å². The molecule has 0 aromatic heterocycles. The highest BCUT2D eigenvalue weighted by Crippen LogP contribution is 2.03. The minimum Gasteiger partial charge on any atom is -0.395 e. The van der Waals surface area contributed by atoms with Crippen molar-refractivity contribution >= 4 is 11.8 Å². The Labute approximate surface area is 107 Å². The summed E-state index contributed by atoms with van der Waals surface area (Å²) in [6.07, 6.45) is 0. The van der Waals surface area contributed by atoms with Crippen LogP contribution in [0.2, 0.25) is 0 Å². The summed E-state index contributed by atoms with van der Waals surface area (Å²) in [7, 11) is 3.18. The summed E-state index contributed by atoms with van der Waals surface area (Å²) in [4.78, 5) is 26.4. The summed E-state index contributed by atoms with van der Waals surface area (Å²) in [5.74, 6) is -0.392. The van der Waals surface area contributed by atoms with Crippen molar-refractivity contribution in [2.75, 3.05) is 33.8 Å². The maximum absolute atomic E-state index is 12.0. The van der Waals surface area contributed by atoms with Crippen LogP contribution in [0.15, 0.2) is 30.3 Å². The summed E-state index contributed by atoms with van der Waals surface area (Å²) in [6, 6.07) is 8.81. The Bertz CT molecular complexity index is 406. The zero-order valence-electron chi connectivity index (χ0n) is 10.7. The van der Waals surface area contributed by atoms with E-state index in [-0.39, 0.29) is 31.5 Å². The first-order chi connectivity index (χ1) is 8.56. The van der Waals surface area contributed by atoms with Crippen LogP contribution in [0.4, 0.5) is 0 Å². The van der Waals surface area contributed by atoms with Crippen molar-refractivity contribution in [3.05, 3.63) is 35.9 Å². The van der Waals surface area contributed by atoms with Crippen LogP contribution >= 0.6 is 0 Å². The normalized spacial score (nSPS) is 9.94. The van der Waals surface area contributed by atoms with Gasteiger partial charge in [0.05, 0.1) is 13.2 Å². The molecule has 0 bridgehead atoms. The molecule has 0 aliphatic rings. The predicted molar refractivity (Wildman–Crippen MR) is 68.1 cm³/mol. The highest BCUT2D eigenvalue weighted by molar-refractivity contribution is 5.96. The number of aliphatic hydroxyl groups excluding tert-OH is 1. The molecule has 5 nitrogen and oxygen atoms in total. The second kappa shape index (κ2) is 6.76. The van der Waals surface area contributed by atoms with Gasteiger partial charge in [-0.15, -0.1) is 0 Å². The quantitative estimate of drug-likeness (QED) is 0.812. The summed E-state index contributed by atoms with van der Waals surface area (Å²) in [5.41, 5.74) is 0.553. The van der Waals surface area contributed by atoms with Crippen LogP contribution < -0.4 is 0 Å². The molecule has 0 spiro atoms. The van der Waals surface area contributed by atoms with Gasteiger partial charge >= 0.3 is 0 Å². The van der Waals surface area contributed by atoms with Crippen molar-refractivity contribution in [3.8, 4) is 0 Å². The van der Waals surface area contributed by atoms with E-state index in [0.717, 1.165) is 0 Å². The topological polar surface area (TPSA) is 60.9 Å². The van der Waals surface area contributed by atoms with E-state index in [4.69, 9.17) is 5.11 Å². The fourth-order valence-electron chi connectivity index (χ4n) is 1.47. The van der Waals surface area contributed by atoms with Crippen molar-refractivity contribution in [2.24, 2.45) is 0 Å². The van der Waals surface area contributed by atoms with Crippen LogP contribution in [0.3, 0.4) is 0 Å². The van der Waals surface area contributed by atoms with Crippen LogP contribution in [-0.2, 0) is 4.79 Å². The molecule has 1 aromatic carbocycles. The van der Waals surface area contributed by atoms with Gasteiger partial charge in [-0.2, -0.15) is 0 Å². The number of nitrogens with zero attached hydrogens (tertiary/aromatic N) is 2. The lowest BCUT2D eigenvalue weighted by Crippen LogP contribution is -2.40. The number of hydrogen-bond acceptors (Lipinski definition) is 3. The van der Waals surface area contributed by atoms with Crippen LogP contribution in [0.25, 0.3) is 0 Å². The van der Waals surface area contributed by atoms with Crippen molar-refractivity contribution in [1.82, 2.24) is 9.80 Å². The summed E-state index contributed by atoms with van der Waals surface area (Å²) in [6.45, 7) is 0.189. The molecule has 1 rings (SSSR count). The van der Waals surface area contributed by atoms with E-state index in [9.17, 15) is 9.59 Å².